The fourth-order valence-electron chi connectivity index (χ4n) is 2.12. The van der Waals surface area contributed by atoms with Crippen molar-refractivity contribution in [1.82, 2.24) is 5.32 Å². The summed E-state index contributed by atoms with van der Waals surface area (Å²) in [6.07, 6.45) is 1.83. The van der Waals surface area contributed by atoms with Gasteiger partial charge in [0, 0.05) is 18.2 Å². The third-order valence-corrected chi connectivity index (χ3v) is 9.34. The Hall–Kier alpha value is -1.72. The second-order valence-electron chi connectivity index (χ2n) is 8.00. The summed E-state index contributed by atoms with van der Waals surface area (Å²) in [5.74, 6) is -0.221. The van der Waals surface area contributed by atoms with Crippen molar-refractivity contribution >= 4 is 20.0 Å². The minimum absolute atomic E-state index is 0.00345. The Labute approximate surface area is 159 Å². The smallest absolute Gasteiger partial charge is 0.256 e. The zero-order chi connectivity index (χ0) is 20.0. The maximum Gasteiger partial charge on any atom is 0.256 e. The SMILES string of the molecule is CCC(=O)/C=C(/CC)NC(=O)[C@@H](O[Si](C)(C)C(C)(C)C)c1ccccc1. The van der Waals surface area contributed by atoms with E-state index in [2.05, 4.69) is 39.2 Å². The molecule has 1 aromatic carbocycles. The van der Waals surface area contributed by atoms with Crippen LogP contribution in [0.3, 0.4) is 0 Å². The van der Waals surface area contributed by atoms with E-state index in [1.54, 1.807) is 6.92 Å². The summed E-state index contributed by atoms with van der Waals surface area (Å²) in [5.41, 5.74) is 1.45. The zero-order valence-corrected chi connectivity index (χ0v) is 18.2. The Morgan fingerprint density at radius 3 is 2.15 bits per heavy atom. The van der Waals surface area contributed by atoms with Crippen molar-refractivity contribution in [2.75, 3.05) is 0 Å². The Morgan fingerprint density at radius 2 is 1.69 bits per heavy atom. The molecule has 0 spiro atoms. The van der Waals surface area contributed by atoms with Gasteiger partial charge in [-0.1, -0.05) is 65.0 Å². The van der Waals surface area contributed by atoms with Gasteiger partial charge >= 0.3 is 0 Å². The van der Waals surface area contributed by atoms with Crippen LogP contribution in [-0.2, 0) is 14.0 Å². The molecule has 0 fully saturated rings. The van der Waals surface area contributed by atoms with Crippen LogP contribution in [0, 0.1) is 0 Å². The van der Waals surface area contributed by atoms with Crippen LogP contribution in [0.5, 0.6) is 0 Å². The van der Waals surface area contributed by atoms with E-state index >= 15 is 0 Å². The number of ketones is 1. The van der Waals surface area contributed by atoms with Crippen molar-refractivity contribution in [3.05, 3.63) is 47.7 Å². The number of carbonyl (C=O) groups is 2. The molecule has 1 rings (SSSR count). The molecule has 1 aromatic rings. The molecule has 0 aliphatic carbocycles. The molecule has 0 saturated heterocycles. The molecular formula is C21H33NO3Si. The van der Waals surface area contributed by atoms with Crippen molar-refractivity contribution in [3.8, 4) is 0 Å². The molecule has 4 nitrogen and oxygen atoms in total. The highest BCUT2D eigenvalue weighted by atomic mass is 28.4. The van der Waals surface area contributed by atoms with Gasteiger partial charge in [0.2, 0.25) is 0 Å². The molecule has 0 aliphatic heterocycles. The predicted molar refractivity (Wildman–Crippen MR) is 109 cm³/mol. The molecule has 1 atom stereocenters. The van der Waals surface area contributed by atoms with Crippen molar-refractivity contribution < 1.29 is 14.0 Å². The van der Waals surface area contributed by atoms with Crippen LogP contribution in [0.1, 0.15) is 59.1 Å². The first-order valence-corrected chi connectivity index (χ1v) is 12.2. The minimum atomic E-state index is -2.16. The summed E-state index contributed by atoms with van der Waals surface area (Å²) in [6.45, 7) is 14.4. The zero-order valence-electron chi connectivity index (χ0n) is 17.2. The van der Waals surface area contributed by atoms with Gasteiger partial charge in [0.15, 0.2) is 20.2 Å². The number of amides is 1. The molecule has 1 amide bonds. The second-order valence-corrected chi connectivity index (χ2v) is 12.8. The lowest BCUT2D eigenvalue weighted by Crippen LogP contribution is -2.45. The first-order valence-electron chi connectivity index (χ1n) is 9.28. The summed E-state index contributed by atoms with van der Waals surface area (Å²) in [5, 5.41) is 2.89. The summed E-state index contributed by atoms with van der Waals surface area (Å²) < 4.78 is 6.44. The highest BCUT2D eigenvalue weighted by Gasteiger charge is 2.41. The highest BCUT2D eigenvalue weighted by molar-refractivity contribution is 6.74. The molecule has 0 bridgehead atoms. The van der Waals surface area contributed by atoms with Crippen LogP contribution in [0.15, 0.2) is 42.1 Å². The molecule has 0 radical (unpaired) electrons. The number of nitrogens with one attached hydrogen (secondary N) is 1. The Morgan fingerprint density at radius 1 is 1.12 bits per heavy atom. The molecular weight excluding hydrogens is 342 g/mol. The fraction of sp³-hybridized carbons (Fsp3) is 0.524. The monoisotopic (exact) mass is 375 g/mol. The highest BCUT2D eigenvalue weighted by Crippen LogP contribution is 2.39. The molecule has 0 aliphatic rings. The standard InChI is InChI=1S/C21H33NO3Si/c1-8-17(15-18(23)9-2)22-20(24)19(16-13-11-10-12-14-16)25-26(6,7)21(3,4)5/h10-15,19H,8-9H2,1-7H3,(H,22,24)/b17-15-/t19-/m0/s1. The third kappa shape index (κ3) is 6.22. The molecule has 0 saturated carbocycles. The van der Waals surface area contributed by atoms with E-state index in [9.17, 15) is 9.59 Å². The number of carbonyl (C=O) groups excluding carboxylic acids is 2. The Kier molecular flexibility index (Phi) is 7.97. The van der Waals surface area contributed by atoms with E-state index in [-0.39, 0.29) is 16.7 Å². The maximum absolute atomic E-state index is 13.0. The first-order chi connectivity index (χ1) is 12.0. The van der Waals surface area contributed by atoms with Crippen molar-refractivity contribution in [3.63, 3.8) is 0 Å². The number of hydrogen-bond donors (Lipinski definition) is 1. The molecule has 0 heterocycles. The summed E-state index contributed by atoms with van der Waals surface area (Å²) >= 11 is 0. The number of allylic oxidation sites excluding steroid dienone is 2. The Balaban J connectivity index is 3.15. The van der Waals surface area contributed by atoms with E-state index in [1.165, 1.54) is 6.08 Å². The van der Waals surface area contributed by atoms with E-state index in [0.717, 1.165) is 5.56 Å². The molecule has 1 N–H and O–H groups in total. The minimum Gasteiger partial charge on any atom is -0.401 e. The molecule has 0 aromatic heterocycles. The van der Waals surface area contributed by atoms with Gasteiger partial charge in [-0.3, -0.25) is 9.59 Å². The van der Waals surface area contributed by atoms with Crippen LogP contribution in [-0.4, -0.2) is 20.0 Å². The normalized spacial score (nSPS) is 14.0. The van der Waals surface area contributed by atoms with Gasteiger partial charge in [0.25, 0.3) is 5.91 Å². The van der Waals surface area contributed by atoms with Gasteiger partial charge in [-0.15, -0.1) is 0 Å². The van der Waals surface area contributed by atoms with E-state index in [1.807, 2.05) is 37.3 Å². The van der Waals surface area contributed by atoms with Crippen LogP contribution in [0.4, 0.5) is 0 Å². The average Bonchev–Trinajstić information content (AvgIpc) is 2.58. The van der Waals surface area contributed by atoms with Crippen LogP contribution >= 0.6 is 0 Å². The van der Waals surface area contributed by atoms with Gasteiger partial charge < -0.3 is 9.74 Å². The van der Waals surface area contributed by atoms with Gasteiger partial charge in [-0.2, -0.15) is 0 Å². The summed E-state index contributed by atoms with van der Waals surface area (Å²) in [7, 11) is -2.16. The molecule has 26 heavy (non-hydrogen) atoms. The lowest BCUT2D eigenvalue weighted by atomic mass is 10.1. The van der Waals surface area contributed by atoms with Gasteiger partial charge in [0.05, 0.1) is 0 Å². The quantitative estimate of drug-likeness (QED) is 0.506. The lowest BCUT2D eigenvalue weighted by molar-refractivity contribution is -0.128. The topological polar surface area (TPSA) is 55.4 Å². The van der Waals surface area contributed by atoms with Crippen molar-refractivity contribution in [2.24, 2.45) is 0 Å². The Bertz CT molecular complexity index is 645. The van der Waals surface area contributed by atoms with E-state index in [4.69, 9.17) is 4.43 Å². The molecule has 0 unspecified atom stereocenters. The van der Waals surface area contributed by atoms with Gasteiger partial charge in [-0.05, 0) is 30.1 Å². The summed E-state index contributed by atoms with van der Waals surface area (Å²) in [4.78, 5) is 24.7. The van der Waals surface area contributed by atoms with Crippen LogP contribution in [0.2, 0.25) is 18.1 Å². The average molecular weight is 376 g/mol. The van der Waals surface area contributed by atoms with Crippen LogP contribution < -0.4 is 5.32 Å². The predicted octanol–water partition coefficient (Wildman–Crippen LogP) is 5.14. The third-order valence-electron chi connectivity index (χ3n) is 4.91. The fourth-order valence-corrected chi connectivity index (χ4v) is 3.30. The van der Waals surface area contributed by atoms with Gasteiger partial charge in [-0.25, -0.2) is 0 Å². The van der Waals surface area contributed by atoms with Crippen molar-refractivity contribution in [1.29, 1.82) is 0 Å². The number of hydrogen-bond acceptors (Lipinski definition) is 3. The lowest BCUT2D eigenvalue weighted by Gasteiger charge is -2.39. The van der Waals surface area contributed by atoms with E-state index < -0.39 is 14.4 Å². The summed E-state index contributed by atoms with van der Waals surface area (Å²) in [6, 6.07) is 9.54. The maximum atomic E-state index is 13.0. The van der Waals surface area contributed by atoms with Crippen LogP contribution in [0.25, 0.3) is 0 Å². The first kappa shape index (κ1) is 22.3. The second kappa shape index (κ2) is 9.28. The molecule has 5 heteroatoms. The van der Waals surface area contributed by atoms with E-state index in [0.29, 0.717) is 18.5 Å². The number of rotatable bonds is 8. The largest absolute Gasteiger partial charge is 0.401 e. The van der Waals surface area contributed by atoms with Gasteiger partial charge in [0.1, 0.15) is 0 Å². The molecule has 144 valence electrons. The van der Waals surface area contributed by atoms with Crippen molar-refractivity contribution in [2.45, 2.75) is 71.7 Å². The number of benzene rings is 1.